The number of carbonyl (C=O) groups is 1. The van der Waals surface area contributed by atoms with E-state index in [0.717, 1.165) is 34.5 Å². The molecular formula is C22H26N2O2. The van der Waals surface area contributed by atoms with Gasteiger partial charge >= 0.3 is 6.03 Å². The van der Waals surface area contributed by atoms with Crippen LogP contribution in [0.3, 0.4) is 0 Å². The fraction of sp³-hybridized carbons (Fsp3) is 0.318. The fourth-order valence-electron chi connectivity index (χ4n) is 2.70. The topological polar surface area (TPSA) is 50.4 Å². The first-order chi connectivity index (χ1) is 12.5. The molecule has 0 aliphatic rings. The highest BCUT2D eigenvalue weighted by Crippen LogP contribution is 2.27. The van der Waals surface area contributed by atoms with Crippen LogP contribution in [0.15, 0.2) is 42.5 Å². The van der Waals surface area contributed by atoms with E-state index in [1.807, 2.05) is 43.3 Å². The lowest BCUT2D eigenvalue weighted by Crippen LogP contribution is -2.31. The van der Waals surface area contributed by atoms with E-state index in [1.54, 1.807) is 0 Å². The minimum atomic E-state index is -0.185. The molecule has 2 rings (SSSR count). The van der Waals surface area contributed by atoms with Crippen molar-refractivity contribution in [2.75, 3.05) is 18.5 Å². The van der Waals surface area contributed by atoms with Crippen LogP contribution < -0.4 is 15.4 Å². The molecule has 0 unspecified atom stereocenters. The van der Waals surface area contributed by atoms with Crippen molar-refractivity contribution in [3.8, 4) is 18.1 Å². The summed E-state index contributed by atoms with van der Waals surface area (Å²) in [5, 5.41) is 5.90. The number of aryl methyl sites for hydroxylation is 1. The lowest BCUT2D eigenvalue weighted by molar-refractivity contribution is 0.252. The quantitative estimate of drug-likeness (QED) is 0.723. The number of urea groups is 1. The molecule has 2 aromatic carbocycles. The number of amides is 2. The van der Waals surface area contributed by atoms with Gasteiger partial charge in [0.25, 0.3) is 0 Å². The van der Waals surface area contributed by atoms with Crippen LogP contribution in [0.25, 0.3) is 0 Å². The largest absolute Gasteiger partial charge is 0.481 e. The van der Waals surface area contributed by atoms with Crippen LogP contribution in [0, 0.1) is 19.3 Å². The van der Waals surface area contributed by atoms with Gasteiger partial charge in [-0.1, -0.05) is 50.1 Å². The maximum atomic E-state index is 12.2. The molecule has 0 radical (unpaired) electrons. The molecular weight excluding hydrogens is 324 g/mol. The van der Waals surface area contributed by atoms with Crippen LogP contribution in [-0.4, -0.2) is 19.2 Å². The molecule has 0 aliphatic heterocycles. The molecule has 2 N–H and O–H groups in total. The molecule has 0 heterocycles. The van der Waals surface area contributed by atoms with E-state index in [4.69, 9.17) is 11.2 Å². The average molecular weight is 350 g/mol. The Balaban J connectivity index is 1.85. The molecule has 4 heteroatoms. The zero-order valence-corrected chi connectivity index (χ0v) is 15.6. The smallest absolute Gasteiger partial charge is 0.319 e. The SMILES string of the molecule is C#CCOc1ccc(CCNC(=O)Nc2c(C)cccc2C(C)C)cc1. The second kappa shape index (κ2) is 9.53. The van der Waals surface area contributed by atoms with Gasteiger partial charge in [-0.05, 0) is 48.1 Å². The monoisotopic (exact) mass is 350 g/mol. The normalized spacial score (nSPS) is 10.3. The van der Waals surface area contributed by atoms with E-state index in [0.29, 0.717) is 12.5 Å². The minimum Gasteiger partial charge on any atom is -0.481 e. The number of terminal acetylenes is 1. The number of rotatable bonds is 7. The van der Waals surface area contributed by atoms with Crippen LogP contribution in [0.5, 0.6) is 5.75 Å². The maximum absolute atomic E-state index is 12.2. The lowest BCUT2D eigenvalue weighted by atomic mass is 9.98. The van der Waals surface area contributed by atoms with Crippen molar-refractivity contribution in [1.29, 1.82) is 0 Å². The van der Waals surface area contributed by atoms with Gasteiger partial charge in [0, 0.05) is 12.2 Å². The van der Waals surface area contributed by atoms with Crippen LogP contribution in [0.4, 0.5) is 10.5 Å². The average Bonchev–Trinajstić information content (AvgIpc) is 2.62. The zero-order valence-electron chi connectivity index (χ0n) is 15.6. The van der Waals surface area contributed by atoms with Crippen molar-refractivity contribution >= 4 is 11.7 Å². The number of ether oxygens (including phenoxy) is 1. The molecule has 0 aliphatic carbocycles. The van der Waals surface area contributed by atoms with Crippen molar-refractivity contribution < 1.29 is 9.53 Å². The molecule has 0 aromatic heterocycles. The molecule has 2 amide bonds. The Morgan fingerprint density at radius 3 is 2.58 bits per heavy atom. The molecule has 0 fully saturated rings. The summed E-state index contributed by atoms with van der Waals surface area (Å²) in [5.41, 5.74) is 4.23. The Labute approximate surface area is 156 Å². The first-order valence-electron chi connectivity index (χ1n) is 8.81. The van der Waals surface area contributed by atoms with E-state index < -0.39 is 0 Å². The Kier molecular flexibility index (Phi) is 7.11. The highest BCUT2D eigenvalue weighted by atomic mass is 16.5. The van der Waals surface area contributed by atoms with Crippen LogP contribution in [-0.2, 0) is 6.42 Å². The highest BCUT2D eigenvalue weighted by Gasteiger charge is 2.11. The van der Waals surface area contributed by atoms with Gasteiger partial charge in [0.1, 0.15) is 12.4 Å². The predicted molar refractivity (Wildman–Crippen MR) is 107 cm³/mol. The number of nitrogens with one attached hydrogen (secondary N) is 2. The Morgan fingerprint density at radius 1 is 1.19 bits per heavy atom. The van der Waals surface area contributed by atoms with Gasteiger partial charge in [-0.3, -0.25) is 0 Å². The number of anilines is 1. The molecule has 2 aromatic rings. The van der Waals surface area contributed by atoms with Crippen molar-refractivity contribution in [3.63, 3.8) is 0 Å². The third-order valence-electron chi connectivity index (χ3n) is 4.11. The van der Waals surface area contributed by atoms with Crippen molar-refractivity contribution in [2.24, 2.45) is 0 Å². The van der Waals surface area contributed by atoms with Gasteiger partial charge in [0.2, 0.25) is 0 Å². The van der Waals surface area contributed by atoms with Crippen molar-refractivity contribution in [3.05, 3.63) is 59.2 Å². The number of hydrogen-bond acceptors (Lipinski definition) is 2. The summed E-state index contributed by atoms with van der Waals surface area (Å²) in [7, 11) is 0. The first-order valence-corrected chi connectivity index (χ1v) is 8.81. The Morgan fingerprint density at radius 2 is 1.92 bits per heavy atom. The molecule has 0 spiro atoms. The van der Waals surface area contributed by atoms with Gasteiger partial charge in [0.15, 0.2) is 0 Å². The number of benzene rings is 2. The third kappa shape index (κ3) is 5.56. The summed E-state index contributed by atoms with van der Waals surface area (Å²) in [4.78, 5) is 12.2. The summed E-state index contributed by atoms with van der Waals surface area (Å²) in [6, 6.07) is 13.6. The second-order valence-corrected chi connectivity index (χ2v) is 6.46. The first kappa shape index (κ1) is 19.4. The summed E-state index contributed by atoms with van der Waals surface area (Å²) in [5.74, 6) is 3.53. The van der Waals surface area contributed by atoms with Gasteiger partial charge < -0.3 is 15.4 Å². The lowest BCUT2D eigenvalue weighted by Gasteiger charge is -2.16. The highest BCUT2D eigenvalue weighted by molar-refractivity contribution is 5.91. The van der Waals surface area contributed by atoms with E-state index in [-0.39, 0.29) is 12.6 Å². The molecule has 0 saturated carbocycles. The van der Waals surface area contributed by atoms with E-state index in [1.165, 1.54) is 0 Å². The molecule has 0 saturated heterocycles. The summed E-state index contributed by atoms with van der Waals surface area (Å²) in [6.45, 7) is 7.06. The summed E-state index contributed by atoms with van der Waals surface area (Å²) >= 11 is 0. The fourth-order valence-corrected chi connectivity index (χ4v) is 2.70. The van der Waals surface area contributed by atoms with Crippen LogP contribution in [0.2, 0.25) is 0 Å². The van der Waals surface area contributed by atoms with E-state index in [9.17, 15) is 4.79 Å². The minimum absolute atomic E-state index is 0.185. The Bertz CT molecular complexity index is 774. The van der Waals surface area contributed by atoms with Gasteiger partial charge in [0.05, 0.1) is 0 Å². The van der Waals surface area contributed by atoms with Crippen LogP contribution >= 0.6 is 0 Å². The van der Waals surface area contributed by atoms with E-state index in [2.05, 4.69) is 36.5 Å². The molecule has 136 valence electrons. The zero-order chi connectivity index (χ0) is 18.9. The molecule has 0 bridgehead atoms. The second-order valence-electron chi connectivity index (χ2n) is 6.46. The van der Waals surface area contributed by atoms with Crippen molar-refractivity contribution in [1.82, 2.24) is 5.32 Å². The van der Waals surface area contributed by atoms with E-state index >= 15 is 0 Å². The third-order valence-corrected chi connectivity index (χ3v) is 4.11. The molecule has 4 nitrogen and oxygen atoms in total. The standard InChI is InChI=1S/C22H26N2O2/c1-5-15-26-19-11-9-18(10-12-19)13-14-23-22(25)24-21-17(4)7-6-8-20(21)16(2)3/h1,6-12,16H,13-15H2,2-4H3,(H2,23,24,25). The van der Waals surface area contributed by atoms with Gasteiger partial charge in [-0.2, -0.15) is 0 Å². The Hall–Kier alpha value is -2.93. The maximum Gasteiger partial charge on any atom is 0.319 e. The molecule has 0 atom stereocenters. The number of para-hydroxylation sites is 1. The predicted octanol–water partition coefficient (Wildman–Crippen LogP) is 4.49. The number of hydrogen-bond donors (Lipinski definition) is 2. The van der Waals surface area contributed by atoms with Crippen molar-refractivity contribution in [2.45, 2.75) is 33.1 Å². The summed E-state index contributed by atoms with van der Waals surface area (Å²) < 4.78 is 5.35. The van der Waals surface area contributed by atoms with Gasteiger partial charge in [-0.25, -0.2) is 4.79 Å². The molecule has 26 heavy (non-hydrogen) atoms. The number of carbonyl (C=O) groups excluding carboxylic acids is 1. The van der Waals surface area contributed by atoms with Crippen LogP contribution in [0.1, 0.15) is 36.5 Å². The van der Waals surface area contributed by atoms with Gasteiger partial charge in [-0.15, -0.1) is 6.42 Å². The summed E-state index contributed by atoms with van der Waals surface area (Å²) in [6.07, 6.45) is 5.91.